The van der Waals surface area contributed by atoms with Gasteiger partial charge in [-0.25, -0.2) is 19.3 Å². The van der Waals surface area contributed by atoms with Gasteiger partial charge in [-0.3, -0.25) is 5.32 Å². The van der Waals surface area contributed by atoms with Crippen molar-refractivity contribution in [1.82, 2.24) is 4.98 Å². The van der Waals surface area contributed by atoms with E-state index in [1.807, 2.05) is 0 Å². The number of hydrogen-bond donors (Lipinski definition) is 2. The minimum Gasteiger partial charge on any atom is -0.308 e. The summed E-state index contributed by atoms with van der Waals surface area (Å²) < 4.78 is 52.8. The molecule has 165 valence electrons. The van der Waals surface area contributed by atoms with Gasteiger partial charge in [0.2, 0.25) is 0 Å². The molecule has 3 aromatic rings. The van der Waals surface area contributed by atoms with Crippen LogP contribution in [0, 0.1) is 5.82 Å². The zero-order chi connectivity index (χ0) is 22.9. The summed E-state index contributed by atoms with van der Waals surface area (Å²) in [6.07, 6.45) is -1.45. The van der Waals surface area contributed by atoms with Crippen molar-refractivity contribution in [1.29, 1.82) is 0 Å². The zero-order valence-corrected chi connectivity index (χ0v) is 16.7. The third-order valence-electron chi connectivity index (χ3n) is 5.41. The fourth-order valence-electron chi connectivity index (χ4n) is 3.52. The normalized spacial score (nSPS) is 15.0. The second kappa shape index (κ2) is 8.23. The summed E-state index contributed by atoms with van der Waals surface area (Å²) in [6, 6.07) is 11.0. The van der Waals surface area contributed by atoms with Crippen molar-refractivity contribution >= 4 is 17.5 Å². The Morgan fingerprint density at radius 1 is 0.969 bits per heavy atom. The maximum Gasteiger partial charge on any atom is 0.416 e. The highest BCUT2D eigenvalue weighted by molar-refractivity contribution is 5.99. The van der Waals surface area contributed by atoms with Gasteiger partial charge < -0.3 is 5.32 Å². The monoisotopic (exact) mass is 444 g/mol. The highest BCUT2D eigenvalue weighted by atomic mass is 19.4. The van der Waals surface area contributed by atoms with Gasteiger partial charge in [0.25, 0.3) is 0 Å². The molecule has 0 atom stereocenters. The van der Waals surface area contributed by atoms with Crippen molar-refractivity contribution in [2.45, 2.75) is 31.0 Å². The van der Waals surface area contributed by atoms with Gasteiger partial charge in [-0.15, -0.1) is 0 Å². The molecule has 0 unspecified atom stereocenters. The van der Waals surface area contributed by atoms with E-state index in [0.29, 0.717) is 24.0 Å². The summed E-state index contributed by atoms with van der Waals surface area (Å²) in [4.78, 5) is 16.2. The minimum absolute atomic E-state index is 0.0212. The fourth-order valence-corrected chi connectivity index (χ4v) is 3.52. The molecule has 0 saturated heterocycles. The summed E-state index contributed by atoms with van der Waals surface area (Å²) in [5.41, 5.74) is -0.968. The topological polar surface area (TPSA) is 73.9 Å². The number of urea groups is 1. The Kier molecular flexibility index (Phi) is 5.60. The third kappa shape index (κ3) is 4.57. The summed E-state index contributed by atoms with van der Waals surface area (Å²) in [5.74, 6) is -0.400. The molecule has 2 amide bonds. The van der Waals surface area contributed by atoms with Crippen molar-refractivity contribution in [3.63, 3.8) is 0 Å². The van der Waals surface area contributed by atoms with Crippen molar-refractivity contribution in [2.75, 3.05) is 10.6 Å². The van der Waals surface area contributed by atoms with Gasteiger partial charge in [-0.05, 0) is 61.2 Å². The number of amides is 2. The largest absolute Gasteiger partial charge is 0.416 e. The molecule has 32 heavy (non-hydrogen) atoms. The molecule has 1 heterocycles. The molecule has 5 nitrogen and oxygen atoms in total. The van der Waals surface area contributed by atoms with E-state index in [1.165, 1.54) is 36.5 Å². The lowest BCUT2D eigenvalue weighted by molar-refractivity contribution is -0.137. The predicted octanol–water partition coefficient (Wildman–Crippen LogP) is 6.36. The number of aromatic nitrogens is 1. The average Bonchev–Trinajstić information content (AvgIpc) is 2.72. The van der Waals surface area contributed by atoms with E-state index in [0.717, 1.165) is 18.6 Å². The van der Waals surface area contributed by atoms with Crippen LogP contribution in [-0.4, -0.2) is 11.0 Å². The molecule has 1 radical (unpaired) electrons. The summed E-state index contributed by atoms with van der Waals surface area (Å²) in [6.45, 7) is 0. The lowest BCUT2D eigenvalue weighted by Gasteiger charge is -2.34. The van der Waals surface area contributed by atoms with Crippen LogP contribution < -0.4 is 10.6 Å². The van der Waals surface area contributed by atoms with Crippen LogP contribution in [0.15, 0.2) is 60.8 Å². The summed E-state index contributed by atoms with van der Waals surface area (Å²) in [5, 5.41) is 17.2. The first-order valence-electron chi connectivity index (χ1n) is 9.86. The van der Waals surface area contributed by atoms with Crippen molar-refractivity contribution in [3.05, 3.63) is 77.7 Å². The van der Waals surface area contributed by atoms with Crippen LogP contribution >= 0.6 is 0 Å². The highest BCUT2D eigenvalue weighted by Gasteiger charge is 2.40. The molecule has 2 N–H and O–H groups in total. The molecule has 1 aliphatic rings. The SMILES string of the molecule is [O]C1(c2ccc(-c3ccc(NC(=O)Nc4cccc(C(F)(F)F)c4)nc3)cc2F)CCC1. The van der Waals surface area contributed by atoms with Gasteiger partial charge in [0.05, 0.1) is 5.56 Å². The molecule has 1 saturated carbocycles. The fraction of sp³-hybridized carbons (Fsp3) is 0.217. The first kappa shape index (κ1) is 21.8. The molecule has 2 aromatic carbocycles. The second-order valence-electron chi connectivity index (χ2n) is 7.63. The smallest absolute Gasteiger partial charge is 0.308 e. The van der Waals surface area contributed by atoms with Crippen molar-refractivity contribution < 1.29 is 27.5 Å². The zero-order valence-electron chi connectivity index (χ0n) is 16.7. The van der Waals surface area contributed by atoms with E-state index in [1.54, 1.807) is 12.1 Å². The standard InChI is InChI=1S/C23H18F4N3O2/c24-19-11-14(5-7-18(19)22(32)9-2-10-22)15-6-8-20(28-13-15)30-21(31)29-17-4-1-3-16(12-17)23(25,26)27/h1,3-8,11-13H,2,9-10H2,(H2,28,29,30,31). The maximum atomic E-state index is 14.5. The van der Waals surface area contributed by atoms with Gasteiger partial charge in [0, 0.05) is 23.0 Å². The van der Waals surface area contributed by atoms with Crippen LogP contribution in [-0.2, 0) is 16.9 Å². The van der Waals surface area contributed by atoms with E-state index in [-0.39, 0.29) is 17.1 Å². The highest BCUT2D eigenvalue weighted by Crippen LogP contribution is 2.43. The van der Waals surface area contributed by atoms with Crippen molar-refractivity contribution in [2.24, 2.45) is 0 Å². The van der Waals surface area contributed by atoms with Crippen LogP contribution in [0.1, 0.15) is 30.4 Å². The molecule has 0 bridgehead atoms. The molecular formula is C23H18F4N3O2. The minimum atomic E-state index is -4.52. The molecule has 1 fully saturated rings. The molecule has 1 aromatic heterocycles. The molecule has 4 rings (SSSR count). The van der Waals surface area contributed by atoms with Crippen LogP contribution in [0.2, 0.25) is 0 Å². The number of nitrogens with zero attached hydrogens (tertiary/aromatic N) is 1. The summed E-state index contributed by atoms with van der Waals surface area (Å²) >= 11 is 0. The van der Waals surface area contributed by atoms with Gasteiger partial charge in [-0.1, -0.05) is 18.2 Å². The van der Waals surface area contributed by atoms with Gasteiger partial charge in [-0.2, -0.15) is 13.2 Å². The van der Waals surface area contributed by atoms with Gasteiger partial charge >= 0.3 is 12.2 Å². The van der Waals surface area contributed by atoms with E-state index >= 15 is 0 Å². The predicted molar refractivity (Wildman–Crippen MR) is 110 cm³/mol. The molecule has 1 aliphatic carbocycles. The number of hydrogen-bond acceptors (Lipinski definition) is 2. The van der Waals surface area contributed by atoms with Crippen LogP contribution in [0.25, 0.3) is 11.1 Å². The third-order valence-corrected chi connectivity index (χ3v) is 5.41. The molecule has 9 heteroatoms. The Hall–Kier alpha value is -3.46. The number of carbonyl (C=O) groups excluding carboxylic acids is 1. The van der Waals surface area contributed by atoms with Crippen LogP contribution in [0.3, 0.4) is 0 Å². The molecule has 0 spiro atoms. The Morgan fingerprint density at radius 3 is 2.31 bits per heavy atom. The summed E-state index contributed by atoms with van der Waals surface area (Å²) in [7, 11) is 0. The first-order chi connectivity index (χ1) is 15.1. The number of benzene rings is 2. The Labute approximate surface area is 181 Å². The number of halogens is 4. The lowest BCUT2D eigenvalue weighted by atomic mass is 9.75. The lowest BCUT2D eigenvalue weighted by Crippen LogP contribution is -2.33. The van der Waals surface area contributed by atoms with E-state index in [4.69, 9.17) is 0 Å². The van der Waals surface area contributed by atoms with Crippen LogP contribution in [0.4, 0.5) is 33.9 Å². The van der Waals surface area contributed by atoms with E-state index in [2.05, 4.69) is 15.6 Å². The Morgan fingerprint density at radius 2 is 1.72 bits per heavy atom. The number of rotatable bonds is 4. The number of alkyl halides is 3. The van der Waals surface area contributed by atoms with Gasteiger partial charge in [0.15, 0.2) is 0 Å². The molecular weight excluding hydrogens is 426 g/mol. The number of pyridine rings is 1. The van der Waals surface area contributed by atoms with Crippen molar-refractivity contribution in [3.8, 4) is 11.1 Å². The van der Waals surface area contributed by atoms with E-state index in [9.17, 15) is 27.5 Å². The number of carbonyl (C=O) groups is 1. The molecule has 0 aliphatic heterocycles. The van der Waals surface area contributed by atoms with Crippen LogP contribution in [0.5, 0.6) is 0 Å². The van der Waals surface area contributed by atoms with Gasteiger partial charge in [0.1, 0.15) is 17.2 Å². The first-order valence-corrected chi connectivity index (χ1v) is 9.86. The maximum absolute atomic E-state index is 14.5. The second-order valence-corrected chi connectivity index (χ2v) is 7.63. The Bertz CT molecular complexity index is 1140. The number of anilines is 2. The van der Waals surface area contributed by atoms with E-state index < -0.39 is 29.2 Å². The Balaban J connectivity index is 1.42. The quantitative estimate of drug-likeness (QED) is 0.460. The average molecular weight is 444 g/mol. The number of nitrogens with one attached hydrogen (secondary N) is 2.